The van der Waals surface area contributed by atoms with E-state index in [1.165, 1.54) is 0 Å². The fraction of sp³-hybridized carbons (Fsp3) is 0.857. The minimum atomic E-state index is -0.872. The molecule has 0 saturated carbocycles. The Morgan fingerprint density at radius 1 is 1.00 bits per heavy atom. The molecule has 0 amide bonds. The highest BCUT2D eigenvalue weighted by atomic mass is 16.5. The molecule has 4 nitrogen and oxygen atoms in total. The largest absolute Gasteiger partial charge is 0.481 e. The predicted octanol–water partition coefficient (Wildman–Crippen LogP) is 3.25. The highest BCUT2D eigenvalue weighted by Gasteiger charge is 2.17. The van der Waals surface area contributed by atoms with E-state index >= 15 is 0 Å². The van der Waals surface area contributed by atoms with Crippen LogP contribution in [0.5, 0.6) is 0 Å². The normalized spacial score (nSPS) is 11.3. The SMILES string of the molecule is CC(C)CC(CC(C)C)OC(=O)CCCC(=O)O. The van der Waals surface area contributed by atoms with E-state index in [9.17, 15) is 9.59 Å². The number of hydrogen-bond donors (Lipinski definition) is 1. The van der Waals surface area contributed by atoms with Crippen molar-refractivity contribution in [3.05, 3.63) is 0 Å². The van der Waals surface area contributed by atoms with Gasteiger partial charge in [-0.15, -0.1) is 0 Å². The van der Waals surface area contributed by atoms with E-state index in [1.807, 2.05) is 0 Å². The zero-order valence-electron chi connectivity index (χ0n) is 11.9. The Bertz CT molecular complexity index is 249. The molecule has 0 radical (unpaired) electrons. The Labute approximate surface area is 110 Å². The van der Waals surface area contributed by atoms with Gasteiger partial charge in [0.05, 0.1) is 0 Å². The lowest BCUT2D eigenvalue weighted by atomic mass is 9.98. The molecule has 0 rings (SSSR count). The first-order valence-corrected chi connectivity index (χ1v) is 6.72. The average Bonchev–Trinajstić information content (AvgIpc) is 2.13. The van der Waals surface area contributed by atoms with Crippen LogP contribution in [0.2, 0.25) is 0 Å². The summed E-state index contributed by atoms with van der Waals surface area (Å²) in [5.41, 5.74) is 0. The maximum Gasteiger partial charge on any atom is 0.306 e. The van der Waals surface area contributed by atoms with Gasteiger partial charge < -0.3 is 9.84 Å². The first-order valence-electron chi connectivity index (χ1n) is 6.72. The number of hydrogen-bond acceptors (Lipinski definition) is 3. The molecule has 0 heterocycles. The quantitative estimate of drug-likeness (QED) is 0.645. The highest BCUT2D eigenvalue weighted by Crippen LogP contribution is 2.17. The van der Waals surface area contributed by atoms with Gasteiger partial charge in [0.1, 0.15) is 6.10 Å². The van der Waals surface area contributed by atoms with Crippen LogP contribution in [-0.4, -0.2) is 23.1 Å². The minimum Gasteiger partial charge on any atom is -0.481 e. The third-order valence-electron chi connectivity index (χ3n) is 2.54. The van der Waals surface area contributed by atoms with Crippen molar-refractivity contribution < 1.29 is 19.4 Å². The van der Waals surface area contributed by atoms with E-state index in [0.717, 1.165) is 12.8 Å². The van der Waals surface area contributed by atoms with Gasteiger partial charge in [-0.05, 0) is 31.1 Å². The summed E-state index contributed by atoms with van der Waals surface area (Å²) < 4.78 is 5.42. The molecule has 1 N–H and O–H groups in total. The molecule has 0 aliphatic carbocycles. The number of rotatable bonds is 9. The van der Waals surface area contributed by atoms with Crippen LogP contribution in [0, 0.1) is 11.8 Å². The maximum atomic E-state index is 11.6. The Morgan fingerprint density at radius 2 is 1.50 bits per heavy atom. The molecule has 0 fully saturated rings. The Morgan fingerprint density at radius 3 is 1.89 bits per heavy atom. The van der Waals surface area contributed by atoms with Gasteiger partial charge in [0.2, 0.25) is 0 Å². The van der Waals surface area contributed by atoms with Gasteiger partial charge >= 0.3 is 11.9 Å². The van der Waals surface area contributed by atoms with Crippen LogP contribution in [0.4, 0.5) is 0 Å². The van der Waals surface area contributed by atoms with Crippen LogP contribution in [-0.2, 0) is 14.3 Å². The van der Waals surface area contributed by atoms with Crippen LogP contribution >= 0.6 is 0 Å². The zero-order valence-corrected chi connectivity index (χ0v) is 11.9. The molecule has 0 aromatic rings. The molecule has 18 heavy (non-hydrogen) atoms. The fourth-order valence-corrected chi connectivity index (χ4v) is 1.87. The summed E-state index contributed by atoms with van der Waals surface area (Å²) in [7, 11) is 0. The van der Waals surface area contributed by atoms with E-state index in [4.69, 9.17) is 9.84 Å². The summed E-state index contributed by atoms with van der Waals surface area (Å²) >= 11 is 0. The molecular formula is C14H26O4. The number of esters is 1. The van der Waals surface area contributed by atoms with Crippen molar-refractivity contribution in [2.24, 2.45) is 11.8 Å². The summed E-state index contributed by atoms with van der Waals surface area (Å²) in [6.07, 6.45) is 2.26. The number of carbonyl (C=O) groups is 2. The maximum absolute atomic E-state index is 11.6. The number of carbonyl (C=O) groups excluding carboxylic acids is 1. The van der Waals surface area contributed by atoms with Crippen LogP contribution in [0.3, 0.4) is 0 Å². The average molecular weight is 258 g/mol. The lowest BCUT2D eigenvalue weighted by Crippen LogP contribution is -2.22. The van der Waals surface area contributed by atoms with Crippen LogP contribution in [0.15, 0.2) is 0 Å². The molecule has 0 aliphatic heterocycles. The van der Waals surface area contributed by atoms with Crippen molar-refractivity contribution >= 4 is 11.9 Å². The van der Waals surface area contributed by atoms with E-state index in [-0.39, 0.29) is 24.9 Å². The summed E-state index contributed by atoms with van der Waals surface area (Å²) in [6, 6.07) is 0. The molecule has 0 aliphatic rings. The molecule has 0 saturated heterocycles. The molecule has 0 spiro atoms. The molecule has 0 aromatic carbocycles. The van der Waals surface area contributed by atoms with Crippen molar-refractivity contribution in [2.75, 3.05) is 0 Å². The fourth-order valence-electron chi connectivity index (χ4n) is 1.87. The topological polar surface area (TPSA) is 63.6 Å². The van der Waals surface area contributed by atoms with Crippen LogP contribution < -0.4 is 0 Å². The van der Waals surface area contributed by atoms with Gasteiger partial charge in [-0.1, -0.05) is 27.7 Å². The molecule has 106 valence electrons. The number of carboxylic acid groups (broad SMARTS) is 1. The standard InChI is InChI=1S/C14H26O4/c1-10(2)8-12(9-11(3)4)18-14(17)7-5-6-13(15)16/h10-12H,5-9H2,1-4H3,(H,15,16). The first kappa shape index (κ1) is 16.9. The summed E-state index contributed by atoms with van der Waals surface area (Å²) in [6.45, 7) is 8.41. The number of ether oxygens (including phenoxy) is 1. The molecule has 0 atom stereocenters. The summed E-state index contributed by atoms with van der Waals surface area (Å²) in [5, 5.41) is 8.49. The van der Waals surface area contributed by atoms with Crippen molar-refractivity contribution in [3.63, 3.8) is 0 Å². The van der Waals surface area contributed by atoms with E-state index in [2.05, 4.69) is 27.7 Å². The van der Waals surface area contributed by atoms with Gasteiger partial charge in [0.25, 0.3) is 0 Å². The van der Waals surface area contributed by atoms with Gasteiger partial charge in [0.15, 0.2) is 0 Å². The van der Waals surface area contributed by atoms with Crippen molar-refractivity contribution in [1.29, 1.82) is 0 Å². The molecule has 0 bridgehead atoms. The first-order chi connectivity index (χ1) is 8.31. The number of aliphatic carboxylic acids is 1. The third kappa shape index (κ3) is 10.1. The second-order valence-corrected chi connectivity index (χ2v) is 5.62. The highest BCUT2D eigenvalue weighted by molar-refractivity contribution is 5.71. The molecule has 0 unspecified atom stereocenters. The monoisotopic (exact) mass is 258 g/mol. The van der Waals surface area contributed by atoms with Gasteiger partial charge in [-0.25, -0.2) is 0 Å². The molecular weight excluding hydrogens is 232 g/mol. The van der Waals surface area contributed by atoms with E-state index < -0.39 is 5.97 Å². The molecule has 0 aromatic heterocycles. The predicted molar refractivity (Wildman–Crippen MR) is 70.3 cm³/mol. The van der Waals surface area contributed by atoms with E-state index in [0.29, 0.717) is 18.3 Å². The second kappa shape index (κ2) is 8.95. The summed E-state index contributed by atoms with van der Waals surface area (Å²) in [4.78, 5) is 21.9. The zero-order chi connectivity index (χ0) is 14.1. The van der Waals surface area contributed by atoms with Crippen molar-refractivity contribution in [2.45, 2.75) is 65.9 Å². The Balaban J connectivity index is 4.05. The van der Waals surface area contributed by atoms with E-state index in [1.54, 1.807) is 0 Å². The minimum absolute atomic E-state index is 0.0220. The van der Waals surface area contributed by atoms with Crippen LogP contribution in [0.25, 0.3) is 0 Å². The van der Waals surface area contributed by atoms with Crippen molar-refractivity contribution in [3.8, 4) is 0 Å². The third-order valence-corrected chi connectivity index (χ3v) is 2.54. The Hall–Kier alpha value is -1.06. The molecule has 4 heteroatoms. The van der Waals surface area contributed by atoms with Crippen molar-refractivity contribution in [1.82, 2.24) is 0 Å². The van der Waals surface area contributed by atoms with Crippen LogP contribution in [0.1, 0.15) is 59.8 Å². The summed E-state index contributed by atoms with van der Waals surface area (Å²) in [5.74, 6) is -0.174. The smallest absolute Gasteiger partial charge is 0.306 e. The Kier molecular flexibility index (Phi) is 8.42. The number of carboxylic acids is 1. The lowest BCUT2D eigenvalue weighted by Gasteiger charge is -2.21. The van der Waals surface area contributed by atoms with Gasteiger partial charge in [0, 0.05) is 12.8 Å². The van der Waals surface area contributed by atoms with Gasteiger partial charge in [-0.3, -0.25) is 9.59 Å². The lowest BCUT2D eigenvalue weighted by molar-refractivity contribution is -0.150. The second-order valence-electron chi connectivity index (χ2n) is 5.62. The van der Waals surface area contributed by atoms with Gasteiger partial charge in [-0.2, -0.15) is 0 Å².